The maximum atomic E-state index is 13.2. The van der Waals surface area contributed by atoms with Gasteiger partial charge in [0.15, 0.2) is 0 Å². The fourth-order valence-corrected chi connectivity index (χ4v) is 3.36. The van der Waals surface area contributed by atoms with Gasteiger partial charge in [-0.3, -0.25) is 9.78 Å². The summed E-state index contributed by atoms with van der Waals surface area (Å²) in [6.45, 7) is 4.47. The summed E-state index contributed by atoms with van der Waals surface area (Å²) in [7, 11) is 0. The van der Waals surface area contributed by atoms with Crippen molar-refractivity contribution in [3.63, 3.8) is 0 Å². The summed E-state index contributed by atoms with van der Waals surface area (Å²) in [5.41, 5.74) is 6.48. The summed E-state index contributed by atoms with van der Waals surface area (Å²) in [5, 5.41) is 0.749. The summed E-state index contributed by atoms with van der Waals surface area (Å²) >= 11 is 3.33. The Morgan fingerprint density at radius 3 is 2.53 bits per heavy atom. The lowest BCUT2D eigenvalue weighted by Crippen LogP contribution is -2.34. The summed E-state index contributed by atoms with van der Waals surface area (Å²) in [4.78, 5) is 22.9. The minimum atomic E-state index is -4.45. The predicted octanol–water partition coefficient (Wildman–Crippen LogP) is 5.29. The van der Waals surface area contributed by atoms with E-state index < -0.39 is 11.7 Å². The Morgan fingerprint density at radius 2 is 1.93 bits per heavy atom. The van der Waals surface area contributed by atoms with Crippen molar-refractivity contribution in [3.8, 4) is 0 Å². The molecule has 5 nitrogen and oxygen atoms in total. The molecule has 3 aromatic rings. The quantitative estimate of drug-likeness (QED) is 0.538. The Balaban J connectivity index is 1.88. The Kier molecular flexibility index (Phi) is 6.30. The molecule has 0 atom stereocenters. The molecule has 0 radical (unpaired) electrons. The average Bonchev–Trinajstić information content (AvgIpc) is 2.67. The zero-order valence-corrected chi connectivity index (χ0v) is 18.0. The molecule has 2 N–H and O–H groups in total. The van der Waals surface area contributed by atoms with Crippen LogP contribution in [0.1, 0.15) is 35.5 Å². The van der Waals surface area contributed by atoms with Crippen molar-refractivity contribution >= 4 is 38.6 Å². The van der Waals surface area contributed by atoms with Gasteiger partial charge in [0, 0.05) is 23.7 Å². The standard InChI is InChI=1S/C21H20BrF3N4O/c1-12(2)10-29(11-16-5-4-15(9-27-16)21(23,24)25)20(30)13-3-6-18-14(7-13)8-17(22)19(26)28-18/h3-9,12H,10-11H2,1-2H3,(H2,26,28). The van der Waals surface area contributed by atoms with Crippen LogP contribution in [0.2, 0.25) is 0 Å². The van der Waals surface area contributed by atoms with Crippen molar-refractivity contribution in [2.45, 2.75) is 26.6 Å². The fourth-order valence-electron chi connectivity index (χ4n) is 3.02. The molecule has 30 heavy (non-hydrogen) atoms. The van der Waals surface area contributed by atoms with E-state index in [0.29, 0.717) is 33.6 Å². The second-order valence-electron chi connectivity index (χ2n) is 7.38. The molecule has 2 aromatic heterocycles. The first kappa shape index (κ1) is 22.0. The first-order valence-corrected chi connectivity index (χ1v) is 10.0. The highest BCUT2D eigenvalue weighted by Crippen LogP contribution is 2.29. The van der Waals surface area contributed by atoms with Crippen molar-refractivity contribution in [3.05, 3.63) is 63.9 Å². The number of pyridine rings is 2. The summed E-state index contributed by atoms with van der Waals surface area (Å²) in [6.07, 6.45) is -3.66. The van der Waals surface area contributed by atoms with Gasteiger partial charge in [-0.05, 0) is 58.2 Å². The van der Waals surface area contributed by atoms with E-state index in [-0.39, 0.29) is 18.4 Å². The first-order valence-electron chi connectivity index (χ1n) is 9.22. The number of aromatic nitrogens is 2. The SMILES string of the molecule is CC(C)CN(Cc1ccc(C(F)(F)F)cn1)C(=O)c1ccc2nc(N)c(Br)cc2c1. The van der Waals surface area contributed by atoms with Gasteiger partial charge in [0.1, 0.15) is 5.82 Å². The van der Waals surface area contributed by atoms with Crippen LogP contribution in [0.4, 0.5) is 19.0 Å². The van der Waals surface area contributed by atoms with Gasteiger partial charge in [0.2, 0.25) is 0 Å². The number of hydrogen-bond acceptors (Lipinski definition) is 4. The Bertz CT molecular complexity index is 1070. The number of fused-ring (bicyclic) bond motifs is 1. The van der Waals surface area contributed by atoms with Gasteiger partial charge in [-0.1, -0.05) is 13.8 Å². The molecule has 158 valence electrons. The van der Waals surface area contributed by atoms with Gasteiger partial charge in [0.05, 0.1) is 27.8 Å². The maximum absolute atomic E-state index is 13.2. The van der Waals surface area contributed by atoms with Crippen molar-refractivity contribution < 1.29 is 18.0 Å². The number of halogens is 4. The normalized spacial score (nSPS) is 11.8. The molecule has 0 fully saturated rings. The van der Waals surface area contributed by atoms with Gasteiger partial charge in [0.25, 0.3) is 5.91 Å². The Hall–Kier alpha value is -2.68. The number of alkyl halides is 3. The number of nitrogens with zero attached hydrogens (tertiary/aromatic N) is 3. The van der Waals surface area contributed by atoms with E-state index in [4.69, 9.17) is 5.73 Å². The monoisotopic (exact) mass is 480 g/mol. The predicted molar refractivity (Wildman–Crippen MR) is 113 cm³/mol. The molecule has 0 bridgehead atoms. The molecule has 0 aliphatic rings. The van der Waals surface area contributed by atoms with Crippen LogP contribution in [0.5, 0.6) is 0 Å². The van der Waals surface area contributed by atoms with E-state index in [1.54, 1.807) is 29.2 Å². The van der Waals surface area contributed by atoms with Crippen LogP contribution in [-0.4, -0.2) is 27.3 Å². The van der Waals surface area contributed by atoms with Crippen LogP contribution in [0.25, 0.3) is 10.9 Å². The first-order chi connectivity index (χ1) is 14.0. The number of carbonyl (C=O) groups is 1. The lowest BCUT2D eigenvalue weighted by Gasteiger charge is -2.24. The van der Waals surface area contributed by atoms with Crippen LogP contribution in [0.3, 0.4) is 0 Å². The number of amides is 1. The van der Waals surface area contributed by atoms with Crippen molar-refractivity contribution in [2.24, 2.45) is 5.92 Å². The van der Waals surface area contributed by atoms with Crippen molar-refractivity contribution in [1.29, 1.82) is 0 Å². The molecule has 0 aliphatic carbocycles. The smallest absolute Gasteiger partial charge is 0.383 e. The van der Waals surface area contributed by atoms with Crippen LogP contribution < -0.4 is 5.73 Å². The third-order valence-electron chi connectivity index (χ3n) is 4.42. The highest BCUT2D eigenvalue weighted by molar-refractivity contribution is 9.10. The molecule has 9 heteroatoms. The lowest BCUT2D eigenvalue weighted by atomic mass is 10.1. The van der Waals surface area contributed by atoms with E-state index >= 15 is 0 Å². The van der Waals surface area contributed by atoms with Crippen LogP contribution in [0.15, 0.2) is 47.1 Å². The minimum Gasteiger partial charge on any atom is -0.383 e. The molecule has 0 spiro atoms. The number of hydrogen-bond donors (Lipinski definition) is 1. The number of benzene rings is 1. The number of anilines is 1. The molecular formula is C21H20BrF3N4O. The molecule has 0 saturated carbocycles. The van der Waals surface area contributed by atoms with Gasteiger partial charge in [-0.2, -0.15) is 13.2 Å². The van der Waals surface area contributed by atoms with Crippen molar-refractivity contribution in [1.82, 2.24) is 14.9 Å². The third-order valence-corrected chi connectivity index (χ3v) is 5.06. The van der Waals surface area contributed by atoms with E-state index in [0.717, 1.165) is 17.6 Å². The van der Waals surface area contributed by atoms with E-state index in [1.165, 1.54) is 6.07 Å². The van der Waals surface area contributed by atoms with Gasteiger partial charge in [-0.25, -0.2) is 4.98 Å². The van der Waals surface area contributed by atoms with E-state index in [1.807, 2.05) is 13.8 Å². The van der Waals surface area contributed by atoms with Gasteiger partial charge in [-0.15, -0.1) is 0 Å². The zero-order chi connectivity index (χ0) is 22.1. The van der Waals surface area contributed by atoms with E-state index in [9.17, 15) is 18.0 Å². The fraction of sp³-hybridized carbons (Fsp3) is 0.286. The van der Waals surface area contributed by atoms with Crippen LogP contribution in [-0.2, 0) is 12.7 Å². The second-order valence-corrected chi connectivity index (χ2v) is 8.23. The molecule has 2 heterocycles. The molecule has 0 unspecified atom stereocenters. The number of nitrogen functional groups attached to an aromatic ring is 1. The highest BCUT2D eigenvalue weighted by Gasteiger charge is 2.30. The minimum absolute atomic E-state index is 0.108. The third kappa shape index (κ3) is 5.08. The second kappa shape index (κ2) is 8.59. The highest BCUT2D eigenvalue weighted by atomic mass is 79.9. The number of carbonyl (C=O) groups excluding carboxylic acids is 1. The van der Waals surface area contributed by atoms with Crippen molar-refractivity contribution in [2.75, 3.05) is 12.3 Å². The average molecular weight is 481 g/mol. The lowest BCUT2D eigenvalue weighted by molar-refractivity contribution is -0.137. The summed E-state index contributed by atoms with van der Waals surface area (Å²) in [5.74, 6) is 0.288. The zero-order valence-electron chi connectivity index (χ0n) is 16.4. The number of rotatable bonds is 5. The van der Waals surface area contributed by atoms with Gasteiger partial charge < -0.3 is 10.6 Å². The Labute approximate surface area is 180 Å². The maximum Gasteiger partial charge on any atom is 0.417 e. The number of nitrogens with two attached hydrogens (primary N) is 1. The molecule has 3 rings (SSSR count). The largest absolute Gasteiger partial charge is 0.417 e. The molecule has 0 aliphatic heterocycles. The van der Waals surface area contributed by atoms with Crippen LogP contribution in [0, 0.1) is 5.92 Å². The molecular weight excluding hydrogens is 461 g/mol. The van der Waals surface area contributed by atoms with Gasteiger partial charge >= 0.3 is 6.18 Å². The summed E-state index contributed by atoms with van der Waals surface area (Å²) in [6, 6.07) is 9.17. The summed E-state index contributed by atoms with van der Waals surface area (Å²) < 4.78 is 38.9. The molecule has 0 saturated heterocycles. The topological polar surface area (TPSA) is 72.1 Å². The van der Waals surface area contributed by atoms with Crippen LogP contribution >= 0.6 is 15.9 Å². The Morgan fingerprint density at radius 1 is 1.20 bits per heavy atom. The van der Waals surface area contributed by atoms with E-state index in [2.05, 4.69) is 25.9 Å². The molecule has 1 amide bonds. The molecule has 1 aromatic carbocycles.